The molecule has 0 atom stereocenters. The summed E-state index contributed by atoms with van der Waals surface area (Å²) in [6.45, 7) is 12.7. The number of nitro groups is 1. The fraction of sp³-hybridized carbons (Fsp3) is 0.474. The summed E-state index contributed by atoms with van der Waals surface area (Å²) in [5.74, 6) is 0.930. The SMILES string of the molecule is CC(C)(C)[Si](C)(C)OC1CN(c2ccc([N+](=O)[O-])c(Nc3ccncc3)n2)C1. The Hall–Kier alpha value is -2.52. The zero-order chi connectivity index (χ0) is 20.5. The van der Waals surface area contributed by atoms with Gasteiger partial charge in [-0.25, -0.2) is 4.98 Å². The van der Waals surface area contributed by atoms with Crippen LogP contribution in [0.25, 0.3) is 0 Å². The Morgan fingerprint density at radius 2 is 1.86 bits per heavy atom. The van der Waals surface area contributed by atoms with Gasteiger partial charge in [-0.15, -0.1) is 0 Å². The van der Waals surface area contributed by atoms with E-state index >= 15 is 0 Å². The van der Waals surface area contributed by atoms with Gasteiger partial charge in [0, 0.05) is 37.2 Å². The van der Waals surface area contributed by atoms with Crippen LogP contribution >= 0.6 is 0 Å². The second-order valence-electron chi connectivity index (χ2n) is 8.56. The summed E-state index contributed by atoms with van der Waals surface area (Å²) in [5, 5.41) is 14.6. The van der Waals surface area contributed by atoms with Gasteiger partial charge in [0.1, 0.15) is 5.82 Å². The van der Waals surface area contributed by atoms with Crippen LogP contribution < -0.4 is 10.2 Å². The molecule has 2 aromatic rings. The van der Waals surface area contributed by atoms with Crippen LogP contribution in [0.2, 0.25) is 18.1 Å². The molecule has 0 saturated carbocycles. The number of aromatic nitrogens is 2. The Morgan fingerprint density at radius 3 is 2.43 bits per heavy atom. The first kappa shape index (κ1) is 20.2. The molecule has 8 nitrogen and oxygen atoms in total. The highest BCUT2D eigenvalue weighted by molar-refractivity contribution is 6.74. The van der Waals surface area contributed by atoms with Crippen LogP contribution in [0, 0.1) is 10.1 Å². The molecule has 1 aliphatic heterocycles. The first-order valence-electron chi connectivity index (χ1n) is 9.32. The van der Waals surface area contributed by atoms with E-state index in [1.165, 1.54) is 6.07 Å². The summed E-state index contributed by atoms with van der Waals surface area (Å²) < 4.78 is 6.42. The van der Waals surface area contributed by atoms with E-state index in [4.69, 9.17) is 4.43 Å². The van der Waals surface area contributed by atoms with Gasteiger partial charge < -0.3 is 14.6 Å². The minimum absolute atomic E-state index is 0.0600. The molecule has 1 saturated heterocycles. The molecule has 0 aromatic carbocycles. The summed E-state index contributed by atoms with van der Waals surface area (Å²) in [4.78, 5) is 21.5. The van der Waals surface area contributed by atoms with E-state index in [0.717, 1.165) is 13.1 Å². The van der Waals surface area contributed by atoms with Gasteiger partial charge in [0.15, 0.2) is 8.32 Å². The van der Waals surface area contributed by atoms with Crippen molar-refractivity contribution in [2.45, 2.75) is 45.0 Å². The van der Waals surface area contributed by atoms with Crippen LogP contribution in [-0.4, -0.2) is 42.4 Å². The van der Waals surface area contributed by atoms with E-state index in [2.05, 4.69) is 54.0 Å². The fourth-order valence-corrected chi connectivity index (χ4v) is 4.06. The van der Waals surface area contributed by atoms with Gasteiger partial charge in [-0.2, -0.15) is 0 Å². The summed E-state index contributed by atoms with van der Waals surface area (Å²) in [5.41, 5.74) is 0.639. The third-order valence-electron chi connectivity index (χ3n) is 5.44. The highest BCUT2D eigenvalue weighted by atomic mass is 28.4. The summed E-state index contributed by atoms with van der Waals surface area (Å²) in [6, 6.07) is 6.67. The average molecular weight is 402 g/mol. The molecule has 1 N–H and O–H groups in total. The van der Waals surface area contributed by atoms with Crippen LogP contribution in [0.15, 0.2) is 36.7 Å². The van der Waals surface area contributed by atoms with Crippen LogP contribution in [0.5, 0.6) is 0 Å². The first-order valence-corrected chi connectivity index (χ1v) is 12.2. The van der Waals surface area contributed by atoms with Gasteiger partial charge in [-0.3, -0.25) is 15.1 Å². The molecule has 1 aliphatic rings. The van der Waals surface area contributed by atoms with Gasteiger partial charge in [0.25, 0.3) is 0 Å². The van der Waals surface area contributed by atoms with E-state index in [-0.39, 0.29) is 22.6 Å². The predicted octanol–water partition coefficient (Wildman–Crippen LogP) is 4.34. The molecular weight excluding hydrogens is 374 g/mol. The number of nitrogens with zero attached hydrogens (tertiary/aromatic N) is 4. The number of hydrogen-bond acceptors (Lipinski definition) is 7. The minimum atomic E-state index is -1.81. The van der Waals surface area contributed by atoms with Gasteiger partial charge >= 0.3 is 5.69 Å². The zero-order valence-electron chi connectivity index (χ0n) is 17.0. The molecule has 0 aliphatic carbocycles. The average Bonchev–Trinajstić information content (AvgIpc) is 2.57. The lowest BCUT2D eigenvalue weighted by Crippen LogP contribution is -2.58. The Kier molecular flexibility index (Phi) is 5.40. The van der Waals surface area contributed by atoms with E-state index in [0.29, 0.717) is 11.5 Å². The van der Waals surface area contributed by atoms with Gasteiger partial charge in [-0.1, -0.05) is 20.8 Å². The lowest BCUT2D eigenvalue weighted by atomic mass is 10.1. The van der Waals surface area contributed by atoms with E-state index < -0.39 is 13.2 Å². The molecule has 0 unspecified atom stereocenters. The molecular formula is C19H27N5O3Si. The Labute approximate surface area is 166 Å². The quantitative estimate of drug-likeness (QED) is 0.437. The second-order valence-corrected chi connectivity index (χ2v) is 13.3. The van der Waals surface area contributed by atoms with Crippen molar-refractivity contribution in [3.05, 3.63) is 46.8 Å². The molecule has 28 heavy (non-hydrogen) atoms. The largest absolute Gasteiger partial charge is 0.410 e. The third-order valence-corrected chi connectivity index (χ3v) is 9.97. The predicted molar refractivity (Wildman–Crippen MR) is 113 cm³/mol. The molecule has 2 aromatic heterocycles. The van der Waals surface area contributed by atoms with Gasteiger partial charge in [-0.05, 0) is 36.3 Å². The number of rotatable bonds is 6. The molecule has 9 heteroatoms. The lowest BCUT2D eigenvalue weighted by Gasteiger charge is -2.46. The van der Waals surface area contributed by atoms with Crippen LogP contribution in [0.4, 0.5) is 23.0 Å². The maximum atomic E-state index is 11.4. The van der Waals surface area contributed by atoms with Crippen LogP contribution in [-0.2, 0) is 4.43 Å². The van der Waals surface area contributed by atoms with Crippen molar-refractivity contribution in [1.82, 2.24) is 9.97 Å². The van der Waals surface area contributed by atoms with Crippen molar-refractivity contribution in [3.63, 3.8) is 0 Å². The smallest absolute Gasteiger partial charge is 0.311 e. The number of nitrogens with one attached hydrogen (secondary N) is 1. The minimum Gasteiger partial charge on any atom is -0.410 e. The van der Waals surface area contributed by atoms with Crippen molar-refractivity contribution in [2.75, 3.05) is 23.3 Å². The third kappa shape index (κ3) is 4.31. The zero-order valence-corrected chi connectivity index (χ0v) is 18.0. The molecule has 1 fully saturated rings. The molecule has 3 heterocycles. The van der Waals surface area contributed by atoms with Crippen molar-refractivity contribution >= 4 is 31.3 Å². The maximum absolute atomic E-state index is 11.4. The van der Waals surface area contributed by atoms with Crippen LogP contribution in [0.1, 0.15) is 20.8 Å². The molecule has 0 spiro atoms. The second kappa shape index (κ2) is 7.48. The van der Waals surface area contributed by atoms with Crippen LogP contribution in [0.3, 0.4) is 0 Å². The number of anilines is 3. The Balaban J connectivity index is 1.72. The monoisotopic (exact) mass is 401 g/mol. The van der Waals surface area contributed by atoms with E-state index in [1.807, 2.05) is 0 Å². The van der Waals surface area contributed by atoms with Crippen molar-refractivity contribution in [2.24, 2.45) is 0 Å². The molecule has 0 amide bonds. The molecule has 0 radical (unpaired) electrons. The van der Waals surface area contributed by atoms with Gasteiger partial charge in [0.05, 0.1) is 11.0 Å². The maximum Gasteiger partial charge on any atom is 0.311 e. The van der Waals surface area contributed by atoms with E-state index in [1.54, 1.807) is 30.6 Å². The topological polar surface area (TPSA) is 93.4 Å². The highest BCUT2D eigenvalue weighted by Crippen LogP contribution is 2.39. The van der Waals surface area contributed by atoms with Crippen molar-refractivity contribution < 1.29 is 9.35 Å². The number of hydrogen-bond donors (Lipinski definition) is 1. The highest BCUT2D eigenvalue weighted by Gasteiger charge is 2.42. The summed E-state index contributed by atoms with van der Waals surface area (Å²) in [7, 11) is -1.81. The van der Waals surface area contributed by atoms with E-state index in [9.17, 15) is 10.1 Å². The Bertz CT molecular complexity index is 848. The van der Waals surface area contributed by atoms with Crippen molar-refractivity contribution in [3.8, 4) is 0 Å². The molecule has 0 bridgehead atoms. The van der Waals surface area contributed by atoms with Gasteiger partial charge in [0.2, 0.25) is 5.82 Å². The lowest BCUT2D eigenvalue weighted by molar-refractivity contribution is -0.384. The molecule has 150 valence electrons. The first-order chi connectivity index (χ1) is 13.1. The standard InChI is InChI=1S/C19H27N5O3Si/c1-19(2,3)28(4,5)27-15-12-23(13-15)17-7-6-16(24(25)26)18(22-17)21-14-8-10-20-11-9-14/h6-11,15H,12-13H2,1-5H3,(H,20,21,22). The molecule has 3 rings (SSSR count). The number of pyridine rings is 2. The summed E-state index contributed by atoms with van der Waals surface area (Å²) in [6.07, 6.45) is 3.42. The van der Waals surface area contributed by atoms with Crippen molar-refractivity contribution in [1.29, 1.82) is 0 Å². The fourth-order valence-electron chi connectivity index (χ4n) is 2.72. The normalized spacial score (nSPS) is 15.2. The Morgan fingerprint density at radius 1 is 1.21 bits per heavy atom. The summed E-state index contributed by atoms with van der Waals surface area (Å²) >= 11 is 0.